The van der Waals surface area contributed by atoms with Gasteiger partial charge in [0.25, 0.3) is 5.91 Å². The Balaban J connectivity index is 1.60. The summed E-state index contributed by atoms with van der Waals surface area (Å²) in [6.45, 7) is 0.253. The van der Waals surface area contributed by atoms with Crippen molar-refractivity contribution in [2.24, 2.45) is 0 Å². The molecule has 0 atom stereocenters. The van der Waals surface area contributed by atoms with Crippen LogP contribution in [0.2, 0.25) is 0 Å². The van der Waals surface area contributed by atoms with Crippen molar-refractivity contribution in [1.29, 1.82) is 0 Å². The molecule has 1 heterocycles. The number of benzene rings is 3. The Morgan fingerprint density at radius 1 is 1.06 bits per heavy atom. The van der Waals surface area contributed by atoms with E-state index in [0.29, 0.717) is 29.0 Å². The predicted octanol–water partition coefficient (Wildman–Crippen LogP) is 3.59. The van der Waals surface area contributed by atoms with Crippen LogP contribution in [0.15, 0.2) is 67.0 Å². The Kier molecular flexibility index (Phi) is 6.16. The van der Waals surface area contributed by atoms with E-state index < -0.39 is 11.6 Å². The number of nitrogens with zero attached hydrogens (tertiary/aromatic N) is 4. The maximum absolute atomic E-state index is 13.4. The molecule has 9 heteroatoms. The molecule has 4 aromatic rings. The summed E-state index contributed by atoms with van der Waals surface area (Å²) < 4.78 is 33.4. The van der Waals surface area contributed by atoms with Gasteiger partial charge in [-0.2, -0.15) is 0 Å². The molecule has 1 aromatic heterocycles. The van der Waals surface area contributed by atoms with Gasteiger partial charge in [0, 0.05) is 17.7 Å². The van der Waals surface area contributed by atoms with E-state index in [1.807, 2.05) is 30.3 Å². The summed E-state index contributed by atoms with van der Waals surface area (Å²) >= 11 is 0. The standard InChI is InChI=1S/C23H19F2N5O2/c1-32-22-5-3-2-4-19(22)16-11-17(13-18(12-16)30-14-27-28-29-30)23(31)26-9-8-15-6-7-20(24)21(25)10-15/h2-7,10-14H,8-9H2,1H3,(H,26,31). The topological polar surface area (TPSA) is 81.9 Å². The number of halogens is 2. The minimum atomic E-state index is -0.913. The summed E-state index contributed by atoms with van der Waals surface area (Å²) in [5.74, 6) is -1.48. The normalized spacial score (nSPS) is 10.7. The van der Waals surface area contributed by atoms with E-state index >= 15 is 0 Å². The van der Waals surface area contributed by atoms with Gasteiger partial charge in [-0.3, -0.25) is 4.79 Å². The van der Waals surface area contributed by atoms with E-state index in [1.54, 1.807) is 19.2 Å². The number of para-hydroxylation sites is 1. The number of nitrogens with one attached hydrogen (secondary N) is 1. The summed E-state index contributed by atoms with van der Waals surface area (Å²) in [6.07, 6.45) is 1.79. The van der Waals surface area contributed by atoms with Crippen LogP contribution in [0.25, 0.3) is 16.8 Å². The molecule has 0 fully saturated rings. The smallest absolute Gasteiger partial charge is 0.251 e. The third-order valence-electron chi connectivity index (χ3n) is 4.89. The summed E-state index contributed by atoms with van der Waals surface area (Å²) in [5, 5.41) is 14.0. The van der Waals surface area contributed by atoms with E-state index in [-0.39, 0.29) is 12.5 Å². The van der Waals surface area contributed by atoms with Gasteiger partial charge in [0.15, 0.2) is 11.6 Å². The molecule has 0 spiro atoms. The molecule has 3 aromatic carbocycles. The second-order valence-electron chi connectivity index (χ2n) is 6.98. The average molecular weight is 435 g/mol. The van der Waals surface area contributed by atoms with Gasteiger partial charge < -0.3 is 10.1 Å². The van der Waals surface area contributed by atoms with Crippen LogP contribution in [0.3, 0.4) is 0 Å². The zero-order valence-corrected chi connectivity index (χ0v) is 17.1. The fourth-order valence-corrected chi connectivity index (χ4v) is 3.31. The molecule has 0 aliphatic heterocycles. The molecular formula is C23H19F2N5O2. The van der Waals surface area contributed by atoms with Gasteiger partial charge in [-0.25, -0.2) is 13.5 Å². The molecule has 0 aliphatic rings. The highest BCUT2D eigenvalue weighted by molar-refractivity contribution is 5.96. The third kappa shape index (κ3) is 4.61. The Bertz CT molecular complexity index is 1250. The molecule has 0 saturated carbocycles. The molecule has 1 N–H and O–H groups in total. The lowest BCUT2D eigenvalue weighted by molar-refractivity contribution is 0.0954. The molecule has 4 rings (SSSR count). The van der Waals surface area contributed by atoms with Gasteiger partial charge in [0.2, 0.25) is 0 Å². The van der Waals surface area contributed by atoms with Crippen LogP contribution in [0.5, 0.6) is 5.75 Å². The Hall–Kier alpha value is -4.14. The first-order valence-corrected chi connectivity index (χ1v) is 9.79. The molecule has 0 radical (unpaired) electrons. The molecule has 0 saturated heterocycles. The lowest BCUT2D eigenvalue weighted by atomic mass is 10.0. The van der Waals surface area contributed by atoms with Crippen molar-refractivity contribution in [2.45, 2.75) is 6.42 Å². The van der Waals surface area contributed by atoms with Crippen LogP contribution in [-0.4, -0.2) is 39.8 Å². The number of methoxy groups -OCH3 is 1. The number of hydrogen-bond donors (Lipinski definition) is 1. The lowest BCUT2D eigenvalue weighted by Crippen LogP contribution is -2.26. The summed E-state index contributed by atoms with van der Waals surface area (Å²) in [6, 6.07) is 16.4. The predicted molar refractivity (Wildman–Crippen MR) is 114 cm³/mol. The first kappa shape index (κ1) is 21.1. The zero-order valence-electron chi connectivity index (χ0n) is 17.1. The molecule has 162 valence electrons. The minimum absolute atomic E-state index is 0.253. The van der Waals surface area contributed by atoms with Crippen molar-refractivity contribution in [2.75, 3.05) is 13.7 Å². The van der Waals surface area contributed by atoms with E-state index in [9.17, 15) is 13.6 Å². The highest BCUT2D eigenvalue weighted by atomic mass is 19.2. The highest BCUT2D eigenvalue weighted by Crippen LogP contribution is 2.31. The first-order valence-electron chi connectivity index (χ1n) is 9.79. The van der Waals surface area contributed by atoms with Gasteiger partial charge in [-0.05, 0) is 64.4 Å². The van der Waals surface area contributed by atoms with Crippen molar-refractivity contribution in [3.8, 4) is 22.6 Å². The second-order valence-corrected chi connectivity index (χ2v) is 6.98. The van der Waals surface area contributed by atoms with Crippen LogP contribution < -0.4 is 10.1 Å². The first-order chi connectivity index (χ1) is 15.5. The molecule has 0 aliphatic carbocycles. The van der Waals surface area contributed by atoms with Gasteiger partial charge in [-0.15, -0.1) is 5.10 Å². The third-order valence-corrected chi connectivity index (χ3v) is 4.89. The Morgan fingerprint density at radius 2 is 1.91 bits per heavy atom. The van der Waals surface area contributed by atoms with E-state index in [4.69, 9.17) is 4.74 Å². The number of tetrazole rings is 1. The number of carbonyl (C=O) groups is 1. The van der Waals surface area contributed by atoms with Crippen molar-refractivity contribution in [1.82, 2.24) is 25.5 Å². The monoisotopic (exact) mass is 435 g/mol. The molecule has 7 nitrogen and oxygen atoms in total. The average Bonchev–Trinajstić information content (AvgIpc) is 3.36. The number of ether oxygens (including phenoxy) is 1. The molecule has 0 unspecified atom stereocenters. The molecule has 1 amide bonds. The largest absolute Gasteiger partial charge is 0.496 e. The van der Waals surface area contributed by atoms with Crippen LogP contribution in [-0.2, 0) is 6.42 Å². The van der Waals surface area contributed by atoms with Crippen molar-refractivity contribution >= 4 is 5.91 Å². The number of rotatable bonds is 7. The van der Waals surface area contributed by atoms with Crippen LogP contribution in [0.4, 0.5) is 8.78 Å². The summed E-state index contributed by atoms with van der Waals surface area (Å²) in [7, 11) is 1.58. The van der Waals surface area contributed by atoms with E-state index in [0.717, 1.165) is 23.3 Å². The fraction of sp³-hybridized carbons (Fsp3) is 0.130. The summed E-state index contributed by atoms with van der Waals surface area (Å²) in [5.41, 5.74) is 3.14. The van der Waals surface area contributed by atoms with Crippen LogP contribution >= 0.6 is 0 Å². The van der Waals surface area contributed by atoms with Gasteiger partial charge in [-0.1, -0.05) is 24.3 Å². The fourth-order valence-electron chi connectivity index (χ4n) is 3.31. The quantitative estimate of drug-likeness (QED) is 0.480. The molecule has 0 bridgehead atoms. The Morgan fingerprint density at radius 3 is 2.66 bits per heavy atom. The lowest BCUT2D eigenvalue weighted by Gasteiger charge is -2.13. The van der Waals surface area contributed by atoms with Crippen molar-refractivity contribution < 1.29 is 18.3 Å². The Labute approximate surface area is 182 Å². The maximum Gasteiger partial charge on any atom is 0.251 e. The van der Waals surface area contributed by atoms with E-state index in [2.05, 4.69) is 20.8 Å². The van der Waals surface area contributed by atoms with Gasteiger partial charge >= 0.3 is 0 Å². The number of aromatic nitrogens is 4. The maximum atomic E-state index is 13.4. The minimum Gasteiger partial charge on any atom is -0.496 e. The van der Waals surface area contributed by atoms with Gasteiger partial charge in [0.1, 0.15) is 12.1 Å². The van der Waals surface area contributed by atoms with E-state index in [1.165, 1.54) is 17.1 Å². The van der Waals surface area contributed by atoms with Gasteiger partial charge in [0.05, 0.1) is 12.8 Å². The number of carbonyl (C=O) groups excluding carboxylic acids is 1. The second kappa shape index (κ2) is 9.34. The van der Waals surface area contributed by atoms with Crippen LogP contribution in [0, 0.1) is 11.6 Å². The zero-order chi connectivity index (χ0) is 22.5. The molecular weight excluding hydrogens is 416 g/mol. The highest BCUT2D eigenvalue weighted by Gasteiger charge is 2.14. The van der Waals surface area contributed by atoms with Crippen LogP contribution in [0.1, 0.15) is 15.9 Å². The van der Waals surface area contributed by atoms with Crippen molar-refractivity contribution in [3.63, 3.8) is 0 Å². The molecule has 32 heavy (non-hydrogen) atoms. The number of hydrogen-bond acceptors (Lipinski definition) is 5. The van der Waals surface area contributed by atoms with Crippen molar-refractivity contribution in [3.05, 3.63) is 89.8 Å². The number of amides is 1. The SMILES string of the molecule is COc1ccccc1-c1cc(C(=O)NCCc2ccc(F)c(F)c2)cc(-n2cnnn2)c1. The summed E-state index contributed by atoms with van der Waals surface area (Å²) in [4.78, 5) is 12.9.